The van der Waals surface area contributed by atoms with Crippen molar-refractivity contribution < 1.29 is 9.53 Å². The molecule has 1 amide bonds. The Morgan fingerprint density at radius 2 is 1.92 bits per heavy atom. The highest BCUT2D eigenvalue weighted by molar-refractivity contribution is 6.30. The minimum absolute atomic E-state index is 0.232. The van der Waals surface area contributed by atoms with E-state index < -0.39 is 6.09 Å². The van der Waals surface area contributed by atoms with Crippen LogP contribution in [0.15, 0.2) is 47.7 Å². The van der Waals surface area contributed by atoms with Gasteiger partial charge >= 0.3 is 6.09 Å². The Hall–Kier alpha value is -2.60. The molecule has 1 aromatic heterocycles. The van der Waals surface area contributed by atoms with E-state index in [9.17, 15) is 4.79 Å². The van der Waals surface area contributed by atoms with Gasteiger partial charge in [-0.1, -0.05) is 30.9 Å². The van der Waals surface area contributed by atoms with Crippen LogP contribution in [-0.2, 0) is 0 Å². The van der Waals surface area contributed by atoms with E-state index in [2.05, 4.69) is 20.8 Å². The highest BCUT2D eigenvalue weighted by atomic mass is 35.5. The van der Waals surface area contributed by atoms with Crippen LogP contribution in [0.1, 0.15) is 37.7 Å². The molecule has 2 N–H and O–H groups in total. The van der Waals surface area contributed by atoms with Crippen molar-refractivity contribution in [2.45, 2.75) is 38.1 Å². The van der Waals surface area contributed by atoms with Crippen molar-refractivity contribution in [1.29, 1.82) is 0 Å². The summed E-state index contributed by atoms with van der Waals surface area (Å²) < 4.78 is 5.32. The topological polar surface area (TPSA) is 75.6 Å². The second kappa shape index (κ2) is 9.20. The molecule has 1 heterocycles. The van der Waals surface area contributed by atoms with E-state index in [-0.39, 0.29) is 6.04 Å². The molecule has 136 valence electrons. The molecule has 0 spiro atoms. The van der Waals surface area contributed by atoms with Crippen molar-refractivity contribution in [2.24, 2.45) is 5.10 Å². The van der Waals surface area contributed by atoms with Crippen molar-refractivity contribution in [2.75, 3.05) is 5.43 Å². The zero-order valence-corrected chi connectivity index (χ0v) is 15.1. The van der Waals surface area contributed by atoms with Crippen LogP contribution in [-0.4, -0.2) is 23.3 Å². The third-order valence-corrected chi connectivity index (χ3v) is 4.36. The van der Waals surface area contributed by atoms with Gasteiger partial charge in [-0.05, 0) is 54.8 Å². The summed E-state index contributed by atoms with van der Waals surface area (Å²) in [6.45, 7) is 0. The fraction of sp³-hybridized carbons (Fsp3) is 0.316. The maximum absolute atomic E-state index is 11.9. The number of halogens is 1. The average molecular weight is 373 g/mol. The predicted octanol–water partition coefficient (Wildman–Crippen LogP) is 4.60. The molecule has 1 aromatic carbocycles. The lowest BCUT2D eigenvalue weighted by Gasteiger charge is -2.22. The van der Waals surface area contributed by atoms with Gasteiger partial charge in [0.05, 0.1) is 11.2 Å². The number of anilines is 1. The molecule has 6 nitrogen and oxygen atoms in total. The van der Waals surface area contributed by atoms with Gasteiger partial charge in [-0.2, -0.15) is 5.10 Å². The fourth-order valence-corrected chi connectivity index (χ4v) is 2.90. The molecule has 1 aliphatic carbocycles. The van der Waals surface area contributed by atoms with Crippen molar-refractivity contribution in [1.82, 2.24) is 10.3 Å². The van der Waals surface area contributed by atoms with Crippen LogP contribution in [0.4, 0.5) is 10.6 Å². The van der Waals surface area contributed by atoms with Gasteiger partial charge in [0.1, 0.15) is 11.6 Å². The molecule has 2 aromatic rings. The van der Waals surface area contributed by atoms with E-state index in [0.717, 1.165) is 18.4 Å². The van der Waals surface area contributed by atoms with E-state index in [1.54, 1.807) is 36.7 Å². The quantitative estimate of drug-likeness (QED) is 0.594. The molecule has 0 atom stereocenters. The molecule has 0 saturated heterocycles. The molecule has 0 bridgehead atoms. The molecule has 1 fully saturated rings. The number of hydrogen-bond acceptors (Lipinski definition) is 5. The SMILES string of the molecule is O=C(NC1CCCCC1)Oc1ccc(C=NNc2ccc(Cl)cn2)cc1. The highest BCUT2D eigenvalue weighted by Crippen LogP contribution is 2.18. The maximum Gasteiger partial charge on any atom is 0.412 e. The van der Waals surface area contributed by atoms with Crippen molar-refractivity contribution >= 4 is 29.7 Å². The van der Waals surface area contributed by atoms with Gasteiger partial charge < -0.3 is 10.1 Å². The highest BCUT2D eigenvalue weighted by Gasteiger charge is 2.16. The van der Waals surface area contributed by atoms with Crippen molar-refractivity contribution in [3.05, 3.63) is 53.2 Å². The van der Waals surface area contributed by atoms with E-state index in [1.807, 2.05) is 12.1 Å². The number of nitrogens with one attached hydrogen (secondary N) is 2. The first kappa shape index (κ1) is 18.2. The monoisotopic (exact) mass is 372 g/mol. The van der Waals surface area contributed by atoms with Gasteiger partial charge in [0.15, 0.2) is 0 Å². The third-order valence-electron chi connectivity index (χ3n) is 4.14. The molecule has 0 unspecified atom stereocenters. The molecule has 0 radical (unpaired) electrons. The number of aromatic nitrogens is 1. The minimum atomic E-state index is -0.395. The first-order valence-corrected chi connectivity index (χ1v) is 9.06. The number of carbonyl (C=O) groups is 1. The summed E-state index contributed by atoms with van der Waals surface area (Å²) in [7, 11) is 0. The second-order valence-corrected chi connectivity index (χ2v) is 6.61. The molecule has 0 aliphatic heterocycles. The Morgan fingerprint density at radius 1 is 1.15 bits per heavy atom. The van der Waals surface area contributed by atoms with Gasteiger partial charge in [0.25, 0.3) is 0 Å². The Bertz CT molecular complexity index is 741. The lowest BCUT2D eigenvalue weighted by Crippen LogP contribution is -2.37. The number of rotatable bonds is 5. The summed E-state index contributed by atoms with van der Waals surface area (Å²) in [4.78, 5) is 16.0. The van der Waals surface area contributed by atoms with Gasteiger partial charge in [0, 0.05) is 12.2 Å². The van der Waals surface area contributed by atoms with Crippen LogP contribution in [0.25, 0.3) is 0 Å². The number of carbonyl (C=O) groups excluding carboxylic acids is 1. The van der Waals surface area contributed by atoms with Crippen LogP contribution < -0.4 is 15.5 Å². The maximum atomic E-state index is 11.9. The Balaban J connectivity index is 1.47. The molecule has 26 heavy (non-hydrogen) atoms. The van der Waals surface area contributed by atoms with E-state index in [1.165, 1.54) is 19.3 Å². The number of nitrogens with zero attached hydrogens (tertiary/aromatic N) is 2. The Kier molecular flexibility index (Phi) is 6.44. The smallest absolute Gasteiger partial charge is 0.410 e. The molecule has 7 heteroatoms. The fourth-order valence-electron chi connectivity index (χ4n) is 2.79. The standard InChI is InChI=1S/C19H21ClN4O2/c20-15-8-11-18(21-13-15)24-22-12-14-6-9-17(10-7-14)26-19(25)23-16-4-2-1-3-5-16/h6-13,16H,1-5H2,(H,21,24)(H,23,25). The van der Waals surface area contributed by atoms with Crippen LogP contribution in [0.5, 0.6) is 5.75 Å². The largest absolute Gasteiger partial charge is 0.412 e. The molecular weight excluding hydrogens is 352 g/mol. The summed E-state index contributed by atoms with van der Waals surface area (Å²) in [5, 5.41) is 7.61. The second-order valence-electron chi connectivity index (χ2n) is 6.17. The number of hydrogen-bond donors (Lipinski definition) is 2. The average Bonchev–Trinajstić information content (AvgIpc) is 2.65. The number of ether oxygens (including phenoxy) is 1. The van der Waals surface area contributed by atoms with Gasteiger partial charge in [-0.3, -0.25) is 5.43 Å². The molecule has 1 aliphatic rings. The molecule has 1 saturated carbocycles. The summed E-state index contributed by atoms with van der Waals surface area (Å²) in [6.07, 6.45) is 8.44. The minimum Gasteiger partial charge on any atom is -0.410 e. The van der Waals surface area contributed by atoms with Crippen LogP contribution in [0, 0.1) is 0 Å². The summed E-state index contributed by atoms with van der Waals surface area (Å²) >= 11 is 5.78. The van der Waals surface area contributed by atoms with E-state index >= 15 is 0 Å². The van der Waals surface area contributed by atoms with Crippen LogP contribution in [0.3, 0.4) is 0 Å². The zero-order chi connectivity index (χ0) is 18.2. The van der Waals surface area contributed by atoms with Crippen LogP contribution >= 0.6 is 11.6 Å². The lowest BCUT2D eigenvalue weighted by atomic mass is 9.96. The normalized spacial score (nSPS) is 15.0. The third kappa shape index (κ3) is 5.74. The first-order valence-electron chi connectivity index (χ1n) is 8.68. The Labute approximate surface area is 157 Å². The van der Waals surface area contributed by atoms with E-state index in [0.29, 0.717) is 16.6 Å². The predicted molar refractivity (Wildman–Crippen MR) is 103 cm³/mol. The van der Waals surface area contributed by atoms with E-state index in [4.69, 9.17) is 16.3 Å². The van der Waals surface area contributed by atoms with Gasteiger partial charge in [0.2, 0.25) is 0 Å². The Morgan fingerprint density at radius 3 is 2.62 bits per heavy atom. The number of pyridine rings is 1. The first-order chi connectivity index (χ1) is 12.7. The van der Waals surface area contributed by atoms with Gasteiger partial charge in [-0.25, -0.2) is 9.78 Å². The molecular formula is C19H21ClN4O2. The van der Waals surface area contributed by atoms with Crippen molar-refractivity contribution in [3.63, 3.8) is 0 Å². The van der Waals surface area contributed by atoms with Gasteiger partial charge in [-0.15, -0.1) is 0 Å². The molecule has 3 rings (SSSR count). The summed E-state index contributed by atoms with van der Waals surface area (Å²) in [5.41, 5.74) is 3.68. The lowest BCUT2D eigenvalue weighted by molar-refractivity contribution is 0.192. The summed E-state index contributed by atoms with van der Waals surface area (Å²) in [6, 6.07) is 10.8. The number of benzene rings is 1. The van der Waals surface area contributed by atoms with Crippen molar-refractivity contribution in [3.8, 4) is 5.75 Å². The summed E-state index contributed by atoms with van der Waals surface area (Å²) in [5.74, 6) is 1.10. The van der Waals surface area contributed by atoms with Crippen LogP contribution in [0.2, 0.25) is 5.02 Å². The number of amides is 1. The number of hydrazone groups is 1. The zero-order valence-electron chi connectivity index (χ0n) is 14.3.